The van der Waals surface area contributed by atoms with E-state index in [2.05, 4.69) is 10.3 Å². The minimum Gasteiger partial charge on any atom is -0.397 e. The SMILES string of the molecule is Nc1ccc(Sc2cccc(Cl)c2)c2nonc12. The van der Waals surface area contributed by atoms with Crippen molar-refractivity contribution in [3.8, 4) is 0 Å². The number of halogens is 1. The number of fused-ring (bicyclic) bond motifs is 1. The molecule has 1 heterocycles. The number of nitrogens with two attached hydrogens (primary N) is 1. The third-order valence-electron chi connectivity index (χ3n) is 2.43. The van der Waals surface area contributed by atoms with Gasteiger partial charge >= 0.3 is 0 Å². The maximum absolute atomic E-state index is 5.95. The molecule has 3 rings (SSSR count). The van der Waals surface area contributed by atoms with Crippen LogP contribution in [0.15, 0.2) is 50.8 Å². The van der Waals surface area contributed by atoms with Crippen molar-refractivity contribution in [3.05, 3.63) is 41.4 Å². The van der Waals surface area contributed by atoms with Crippen LogP contribution in [0.25, 0.3) is 11.0 Å². The van der Waals surface area contributed by atoms with E-state index in [1.807, 2.05) is 30.3 Å². The van der Waals surface area contributed by atoms with E-state index < -0.39 is 0 Å². The van der Waals surface area contributed by atoms with E-state index in [1.54, 1.807) is 17.8 Å². The van der Waals surface area contributed by atoms with Crippen LogP contribution in [-0.2, 0) is 0 Å². The van der Waals surface area contributed by atoms with E-state index in [1.165, 1.54) is 0 Å². The molecule has 6 heteroatoms. The summed E-state index contributed by atoms with van der Waals surface area (Å²) in [7, 11) is 0. The summed E-state index contributed by atoms with van der Waals surface area (Å²) >= 11 is 7.50. The molecule has 0 spiro atoms. The van der Waals surface area contributed by atoms with Gasteiger partial charge in [0.2, 0.25) is 0 Å². The van der Waals surface area contributed by atoms with E-state index in [9.17, 15) is 0 Å². The van der Waals surface area contributed by atoms with Crippen molar-refractivity contribution < 1.29 is 4.63 Å². The quantitative estimate of drug-likeness (QED) is 0.725. The molecule has 0 aliphatic carbocycles. The molecule has 1 aromatic heterocycles. The number of anilines is 1. The number of aromatic nitrogens is 2. The Hall–Kier alpha value is -1.72. The van der Waals surface area contributed by atoms with Gasteiger partial charge in [0.15, 0.2) is 11.0 Å². The fourth-order valence-corrected chi connectivity index (χ4v) is 2.81. The Balaban J connectivity index is 2.05. The first-order chi connectivity index (χ1) is 8.74. The summed E-state index contributed by atoms with van der Waals surface area (Å²) in [5.74, 6) is 0. The molecule has 0 saturated carbocycles. The molecule has 0 saturated heterocycles. The highest BCUT2D eigenvalue weighted by Crippen LogP contribution is 2.34. The summed E-state index contributed by atoms with van der Waals surface area (Å²) in [6.07, 6.45) is 0. The van der Waals surface area contributed by atoms with Gasteiger partial charge in [-0.1, -0.05) is 29.4 Å². The molecule has 4 nitrogen and oxygen atoms in total. The first-order valence-corrected chi connectivity index (χ1v) is 6.37. The van der Waals surface area contributed by atoms with E-state index in [0.717, 1.165) is 9.79 Å². The van der Waals surface area contributed by atoms with Crippen LogP contribution in [0.5, 0.6) is 0 Å². The summed E-state index contributed by atoms with van der Waals surface area (Å²) < 4.78 is 4.73. The van der Waals surface area contributed by atoms with Crippen molar-refractivity contribution >= 4 is 40.1 Å². The van der Waals surface area contributed by atoms with Gasteiger partial charge in [0.25, 0.3) is 0 Å². The third-order valence-corrected chi connectivity index (χ3v) is 3.71. The lowest BCUT2D eigenvalue weighted by Gasteiger charge is -2.03. The number of nitrogens with zero attached hydrogens (tertiary/aromatic N) is 2. The summed E-state index contributed by atoms with van der Waals surface area (Å²) in [5, 5.41) is 8.36. The zero-order valence-electron chi connectivity index (χ0n) is 9.13. The lowest BCUT2D eigenvalue weighted by molar-refractivity contribution is 0.315. The molecular formula is C12H8ClN3OS. The topological polar surface area (TPSA) is 64.9 Å². The third kappa shape index (κ3) is 2.02. The van der Waals surface area contributed by atoms with Gasteiger partial charge in [0.1, 0.15) is 0 Å². The standard InChI is InChI=1S/C12H8ClN3OS/c13-7-2-1-3-8(6-7)18-10-5-4-9(14)11-12(10)16-17-15-11/h1-6H,14H2. The highest BCUT2D eigenvalue weighted by atomic mass is 35.5. The summed E-state index contributed by atoms with van der Waals surface area (Å²) in [4.78, 5) is 1.96. The minimum atomic E-state index is 0.557. The maximum Gasteiger partial charge on any atom is 0.159 e. The molecule has 0 unspecified atom stereocenters. The maximum atomic E-state index is 5.95. The Morgan fingerprint density at radius 3 is 2.78 bits per heavy atom. The lowest BCUT2D eigenvalue weighted by atomic mass is 10.3. The van der Waals surface area contributed by atoms with Crippen molar-refractivity contribution in [2.24, 2.45) is 0 Å². The summed E-state index contributed by atoms with van der Waals surface area (Å²) in [5.41, 5.74) is 7.60. The van der Waals surface area contributed by atoms with Gasteiger partial charge in [-0.05, 0) is 40.6 Å². The highest BCUT2D eigenvalue weighted by molar-refractivity contribution is 7.99. The first-order valence-electron chi connectivity index (χ1n) is 5.18. The molecule has 0 atom stereocenters. The number of benzene rings is 2. The van der Waals surface area contributed by atoms with Crippen molar-refractivity contribution in [2.75, 3.05) is 5.73 Å². The van der Waals surface area contributed by atoms with E-state index in [-0.39, 0.29) is 0 Å². The Morgan fingerprint density at radius 1 is 1.11 bits per heavy atom. The molecule has 0 aliphatic rings. The number of nitrogen functional groups attached to an aromatic ring is 1. The van der Waals surface area contributed by atoms with Gasteiger partial charge in [-0.2, -0.15) is 0 Å². The second kappa shape index (κ2) is 4.51. The second-order valence-electron chi connectivity index (χ2n) is 3.67. The van der Waals surface area contributed by atoms with E-state index in [0.29, 0.717) is 21.7 Å². The largest absolute Gasteiger partial charge is 0.397 e. The average Bonchev–Trinajstić information content (AvgIpc) is 2.83. The zero-order valence-corrected chi connectivity index (χ0v) is 10.7. The van der Waals surface area contributed by atoms with Crippen LogP contribution in [0.3, 0.4) is 0 Å². The Kier molecular flexibility index (Phi) is 2.85. The van der Waals surface area contributed by atoms with E-state index in [4.69, 9.17) is 22.0 Å². The predicted molar refractivity (Wildman–Crippen MR) is 71.8 cm³/mol. The van der Waals surface area contributed by atoms with Crippen LogP contribution in [-0.4, -0.2) is 10.3 Å². The monoisotopic (exact) mass is 277 g/mol. The lowest BCUT2D eigenvalue weighted by Crippen LogP contribution is -1.87. The molecular weight excluding hydrogens is 270 g/mol. The highest BCUT2D eigenvalue weighted by Gasteiger charge is 2.11. The van der Waals surface area contributed by atoms with Crippen molar-refractivity contribution in [1.29, 1.82) is 0 Å². The summed E-state index contributed by atoms with van der Waals surface area (Å²) in [6.45, 7) is 0. The van der Waals surface area contributed by atoms with Crippen LogP contribution in [0.4, 0.5) is 5.69 Å². The number of hydrogen-bond donors (Lipinski definition) is 1. The first kappa shape index (κ1) is 11.4. The Bertz CT molecular complexity index is 713. The molecule has 2 N–H and O–H groups in total. The molecule has 2 aromatic carbocycles. The van der Waals surface area contributed by atoms with Crippen molar-refractivity contribution in [3.63, 3.8) is 0 Å². The van der Waals surface area contributed by atoms with Gasteiger partial charge in [0, 0.05) is 14.8 Å². The van der Waals surface area contributed by atoms with Gasteiger partial charge in [-0.25, -0.2) is 4.63 Å². The van der Waals surface area contributed by atoms with Crippen LogP contribution in [0.2, 0.25) is 5.02 Å². The van der Waals surface area contributed by atoms with Gasteiger partial charge in [0.05, 0.1) is 5.69 Å². The molecule has 0 radical (unpaired) electrons. The molecule has 18 heavy (non-hydrogen) atoms. The Morgan fingerprint density at radius 2 is 1.94 bits per heavy atom. The molecule has 0 fully saturated rings. The second-order valence-corrected chi connectivity index (χ2v) is 5.23. The minimum absolute atomic E-state index is 0.557. The molecule has 0 aliphatic heterocycles. The van der Waals surface area contributed by atoms with Crippen LogP contribution < -0.4 is 5.73 Å². The number of rotatable bonds is 2. The number of hydrogen-bond acceptors (Lipinski definition) is 5. The molecule has 0 bridgehead atoms. The zero-order chi connectivity index (χ0) is 12.5. The van der Waals surface area contributed by atoms with E-state index >= 15 is 0 Å². The normalized spacial score (nSPS) is 10.9. The van der Waals surface area contributed by atoms with Crippen LogP contribution in [0, 0.1) is 0 Å². The summed E-state index contributed by atoms with van der Waals surface area (Å²) in [6, 6.07) is 11.3. The van der Waals surface area contributed by atoms with Crippen LogP contribution >= 0.6 is 23.4 Å². The predicted octanol–water partition coefficient (Wildman–Crippen LogP) is 3.61. The fraction of sp³-hybridized carbons (Fsp3) is 0. The molecule has 90 valence electrons. The van der Waals surface area contributed by atoms with Crippen molar-refractivity contribution in [1.82, 2.24) is 10.3 Å². The van der Waals surface area contributed by atoms with Gasteiger partial charge in [-0.3, -0.25) is 0 Å². The van der Waals surface area contributed by atoms with Gasteiger partial charge in [-0.15, -0.1) is 0 Å². The fourth-order valence-electron chi connectivity index (χ4n) is 1.60. The van der Waals surface area contributed by atoms with Crippen molar-refractivity contribution in [2.45, 2.75) is 9.79 Å². The van der Waals surface area contributed by atoms with Gasteiger partial charge < -0.3 is 5.73 Å². The molecule has 3 aromatic rings. The Labute approximate surface area is 112 Å². The van der Waals surface area contributed by atoms with Crippen LogP contribution in [0.1, 0.15) is 0 Å². The average molecular weight is 278 g/mol. The molecule has 0 amide bonds. The smallest absolute Gasteiger partial charge is 0.159 e.